The molecule has 3 nitrogen and oxygen atoms in total. The van der Waals surface area contributed by atoms with E-state index in [0.29, 0.717) is 6.10 Å². The van der Waals surface area contributed by atoms with E-state index in [1.54, 1.807) is 11.3 Å². The molecule has 0 bridgehead atoms. The quantitative estimate of drug-likeness (QED) is 0.767. The molecule has 1 saturated heterocycles. The zero-order chi connectivity index (χ0) is 8.55. The first-order valence-corrected chi connectivity index (χ1v) is 5.51. The largest absolute Gasteiger partial charge is 0.368 e. The molecule has 5 heteroatoms. The lowest BCUT2D eigenvalue weighted by molar-refractivity contribution is 0.0550. The predicted octanol–water partition coefficient (Wildman–Crippen LogP) is 2.54. The maximum Gasteiger partial charge on any atom is 0.183 e. The molecule has 2 heterocycles. The number of rotatable bonds is 1. The number of halogens is 1. The summed E-state index contributed by atoms with van der Waals surface area (Å²) in [5, 5.41) is 8.91. The van der Waals surface area contributed by atoms with Crippen LogP contribution in [0.2, 0.25) is 0 Å². The van der Waals surface area contributed by atoms with Crippen LogP contribution in [-0.2, 0) is 4.74 Å². The molecule has 0 aliphatic carbocycles. The number of aromatic nitrogens is 2. The molecule has 1 aliphatic heterocycles. The summed E-state index contributed by atoms with van der Waals surface area (Å²) in [6.45, 7) is 2.09. The van der Waals surface area contributed by atoms with E-state index in [9.17, 15) is 0 Å². The van der Waals surface area contributed by atoms with Gasteiger partial charge in [0.05, 0.1) is 6.10 Å². The van der Waals surface area contributed by atoms with Gasteiger partial charge in [-0.25, -0.2) is 0 Å². The van der Waals surface area contributed by atoms with E-state index in [-0.39, 0.29) is 6.10 Å². The van der Waals surface area contributed by atoms with Crippen molar-refractivity contribution in [2.75, 3.05) is 0 Å². The first kappa shape index (κ1) is 8.59. The molecule has 1 aromatic rings. The third-order valence-corrected chi connectivity index (χ3v) is 3.37. The third-order valence-electron chi connectivity index (χ3n) is 1.92. The minimum Gasteiger partial charge on any atom is -0.368 e. The standard InChI is InChI=1S/C7H9BrN2OS/c1-4-2-3-5(11-4)6-9-10-7(8)12-6/h4-5H,2-3H2,1H3. The normalized spacial score (nSPS) is 29.5. The van der Waals surface area contributed by atoms with Crippen molar-refractivity contribution in [1.82, 2.24) is 10.2 Å². The maximum atomic E-state index is 5.65. The monoisotopic (exact) mass is 248 g/mol. The van der Waals surface area contributed by atoms with Gasteiger partial charge in [0.25, 0.3) is 0 Å². The van der Waals surface area contributed by atoms with Gasteiger partial charge in [-0.3, -0.25) is 0 Å². The Labute approximate surface area is 83.3 Å². The van der Waals surface area contributed by atoms with Crippen LogP contribution < -0.4 is 0 Å². The van der Waals surface area contributed by atoms with Gasteiger partial charge in [-0.15, -0.1) is 10.2 Å². The summed E-state index contributed by atoms with van der Waals surface area (Å²) in [5.74, 6) is 0. The molecule has 1 fully saturated rings. The molecule has 2 unspecified atom stereocenters. The fourth-order valence-corrected chi connectivity index (χ4v) is 2.55. The summed E-state index contributed by atoms with van der Waals surface area (Å²) in [7, 11) is 0. The Bertz CT molecular complexity index is 278. The van der Waals surface area contributed by atoms with Gasteiger partial charge in [0, 0.05) is 0 Å². The van der Waals surface area contributed by atoms with Gasteiger partial charge in [0.2, 0.25) is 0 Å². The van der Waals surface area contributed by atoms with E-state index >= 15 is 0 Å². The van der Waals surface area contributed by atoms with Crippen LogP contribution in [0.4, 0.5) is 0 Å². The zero-order valence-electron chi connectivity index (χ0n) is 6.66. The molecular weight excluding hydrogens is 240 g/mol. The molecule has 1 aliphatic rings. The second-order valence-corrected chi connectivity index (χ2v) is 5.19. The molecule has 2 rings (SSSR count). The number of nitrogens with zero attached hydrogens (tertiary/aromatic N) is 2. The Hall–Kier alpha value is -0.0000000000000000486. The Morgan fingerprint density at radius 1 is 1.50 bits per heavy atom. The van der Waals surface area contributed by atoms with E-state index in [4.69, 9.17) is 4.74 Å². The smallest absolute Gasteiger partial charge is 0.183 e. The van der Waals surface area contributed by atoms with Gasteiger partial charge in [-0.05, 0) is 35.7 Å². The molecule has 0 N–H and O–H groups in total. The lowest BCUT2D eigenvalue weighted by atomic mass is 10.2. The third kappa shape index (κ3) is 1.67. The minimum absolute atomic E-state index is 0.184. The molecule has 1 aromatic heterocycles. The van der Waals surface area contributed by atoms with Crippen molar-refractivity contribution in [3.05, 3.63) is 8.92 Å². The van der Waals surface area contributed by atoms with Crippen LogP contribution in [0.1, 0.15) is 30.9 Å². The van der Waals surface area contributed by atoms with Gasteiger partial charge in [0.15, 0.2) is 3.92 Å². The van der Waals surface area contributed by atoms with Crippen LogP contribution in [0.15, 0.2) is 3.92 Å². The minimum atomic E-state index is 0.184. The number of hydrogen-bond donors (Lipinski definition) is 0. The highest BCUT2D eigenvalue weighted by Gasteiger charge is 2.26. The lowest BCUT2D eigenvalue weighted by Crippen LogP contribution is -2.00. The van der Waals surface area contributed by atoms with Crippen molar-refractivity contribution in [1.29, 1.82) is 0 Å². The van der Waals surface area contributed by atoms with E-state index in [2.05, 4.69) is 33.1 Å². The molecule has 0 radical (unpaired) electrons. The fourth-order valence-electron chi connectivity index (χ4n) is 1.33. The molecule has 0 spiro atoms. The molecule has 2 atom stereocenters. The molecule has 0 saturated carbocycles. The van der Waals surface area contributed by atoms with Crippen LogP contribution in [0, 0.1) is 0 Å². The predicted molar refractivity (Wildman–Crippen MR) is 50.1 cm³/mol. The van der Waals surface area contributed by atoms with Gasteiger partial charge in [-0.2, -0.15) is 0 Å². The molecule has 66 valence electrons. The average molecular weight is 249 g/mol. The number of hydrogen-bond acceptors (Lipinski definition) is 4. The van der Waals surface area contributed by atoms with Crippen LogP contribution in [0.25, 0.3) is 0 Å². The van der Waals surface area contributed by atoms with Crippen LogP contribution in [0.5, 0.6) is 0 Å². The summed E-state index contributed by atoms with van der Waals surface area (Å²) >= 11 is 4.84. The van der Waals surface area contributed by atoms with Crippen LogP contribution in [0.3, 0.4) is 0 Å². The van der Waals surface area contributed by atoms with Crippen molar-refractivity contribution < 1.29 is 4.74 Å². The Morgan fingerprint density at radius 2 is 2.33 bits per heavy atom. The Balaban J connectivity index is 2.11. The highest BCUT2D eigenvalue weighted by Crippen LogP contribution is 2.34. The van der Waals surface area contributed by atoms with Crippen LogP contribution in [-0.4, -0.2) is 16.3 Å². The summed E-state index contributed by atoms with van der Waals surface area (Å²) in [4.78, 5) is 0. The average Bonchev–Trinajstić information content (AvgIpc) is 2.58. The van der Waals surface area contributed by atoms with Crippen molar-refractivity contribution in [2.24, 2.45) is 0 Å². The maximum absolute atomic E-state index is 5.65. The van der Waals surface area contributed by atoms with E-state index < -0.39 is 0 Å². The fraction of sp³-hybridized carbons (Fsp3) is 0.714. The van der Waals surface area contributed by atoms with Gasteiger partial charge in [-0.1, -0.05) is 11.3 Å². The topological polar surface area (TPSA) is 35.0 Å². The zero-order valence-corrected chi connectivity index (χ0v) is 9.06. The van der Waals surface area contributed by atoms with E-state index in [1.807, 2.05) is 0 Å². The molecule has 0 aromatic carbocycles. The SMILES string of the molecule is CC1CCC(c2nnc(Br)s2)O1. The Morgan fingerprint density at radius 3 is 2.83 bits per heavy atom. The summed E-state index contributed by atoms with van der Waals surface area (Å²) in [6.07, 6.45) is 2.76. The van der Waals surface area contributed by atoms with Crippen molar-refractivity contribution in [3.63, 3.8) is 0 Å². The second kappa shape index (κ2) is 3.40. The van der Waals surface area contributed by atoms with E-state index in [1.165, 1.54) is 0 Å². The van der Waals surface area contributed by atoms with Crippen molar-refractivity contribution in [3.8, 4) is 0 Å². The first-order valence-electron chi connectivity index (χ1n) is 3.90. The van der Waals surface area contributed by atoms with Gasteiger partial charge < -0.3 is 4.74 Å². The molecule has 12 heavy (non-hydrogen) atoms. The summed E-state index contributed by atoms with van der Waals surface area (Å²) in [5.41, 5.74) is 0. The van der Waals surface area contributed by atoms with Gasteiger partial charge in [0.1, 0.15) is 11.1 Å². The molecular formula is C7H9BrN2OS. The Kier molecular flexibility index (Phi) is 2.43. The number of ether oxygens (including phenoxy) is 1. The summed E-state index contributed by atoms with van der Waals surface area (Å²) < 4.78 is 6.48. The van der Waals surface area contributed by atoms with Crippen LogP contribution >= 0.6 is 27.3 Å². The second-order valence-electron chi connectivity index (χ2n) is 2.91. The highest BCUT2D eigenvalue weighted by molar-refractivity contribution is 9.11. The van der Waals surface area contributed by atoms with Gasteiger partial charge >= 0.3 is 0 Å². The van der Waals surface area contributed by atoms with Crippen molar-refractivity contribution in [2.45, 2.75) is 32.0 Å². The van der Waals surface area contributed by atoms with Crippen molar-refractivity contribution >= 4 is 27.3 Å². The summed E-state index contributed by atoms with van der Waals surface area (Å²) in [6, 6.07) is 0. The van der Waals surface area contributed by atoms with E-state index in [0.717, 1.165) is 21.8 Å². The molecule has 0 amide bonds. The lowest BCUT2D eigenvalue weighted by Gasteiger charge is -2.05. The first-order chi connectivity index (χ1) is 5.75. The highest BCUT2D eigenvalue weighted by atomic mass is 79.9.